The minimum absolute atomic E-state index is 0.00902. The van der Waals surface area contributed by atoms with Gasteiger partial charge in [0.05, 0.1) is 11.2 Å². The molecular weight excluding hydrogens is 376 g/mol. The van der Waals surface area contributed by atoms with Gasteiger partial charge in [-0.25, -0.2) is 9.97 Å². The van der Waals surface area contributed by atoms with Crippen molar-refractivity contribution in [1.29, 1.82) is 0 Å². The van der Waals surface area contributed by atoms with Gasteiger partial charge in [-0.3, -0.25) is 4.79 Å². The number of aryl methyl sites for hydroxylation is 1. The number of aromatic nitrogens is 2. The van der Waals surface area contributed by atoms with Gasteiger partial charge in [0, 0.05) is 11.3 Å². The Hall–Kier alpha value is -2.99. The fourth-order valence-electron chi connectivity index (χ4n) is 5.16. The quantitative estimate of drug-likeness (QED) is 0.606. The number of amides is 1. The zero-order valence-electron chi connectivity index (χ0n) is 17.4. The van der Waals surface area contributed by atoms with Crippen LogP contribution in [0.5, 0.6) is 5.75 Å². The highest BCUT2D eigenvalue weighted by Gasteiger charge is 2.53. The molecule has 6 nitrogen and oxygen atoms in total. The van der Waals surface area contributed by atoms with Gasteiger partial charge in [-0.05, 0) is 62.0 Å². The first-order chi connectivity index (χ1) is 14.5. The smallest absolute Gasteiger partial charge is 0.230 e. The first kappa shape index (κ1) is 20.3. The number of phenols is 1. The normalized spacial score (nSPS) is 18.1. The zero-order valence-corrected chi connectivity index (χ0v) is 17.4. The van der Waals surface area contributed by atoms with Crippen molar-refractivity contribution in [2.45, 2.75) is 38.0 Å². The van der Waals surface area contributed by atoms with Crippen LogP contribution < -0.4 is 11.1 Å². The second-order valence-corrected chi connectivity index (χ2v) is 8.28. The minimum Gasteiger partial charge on any atom is -0.508 e. The van der Waals surface area contributed by atoms with Gasteiger partial charge in [-0.15, -0.1) is 0 Å². The summed E-state index contributed by atoms with van der Waals surface area (Å²) in [4.78, 5) is 22.5. The zero-order chi connectivity index (χ0) is 21.3. The van der Waals surface area contributed by atoms with Gasteiger partial charge < -0.3 is 16.2 Å². The van der Waals surface area contributed by atoms with E-state index < -0.39 is 11.3 Å². The average molecular weight is 405 g/mol. The molecule has 30 heavy (non-hydrogen) atoms. The second-order valence-electron chi connectivity index (χ2n) is 8.28. The predicted octanol–water partition coefficient (Wildman–Crippen LogP) is 3.17. The molecule has 0 bridgehead atoms. The highest BCUT2D eigenvalue weighted by atomic mass is 16.3. The molecule has 2 atom stereocenters. The van der Waals surface area contributed by atoms with Crippen molar-refractivity contribution in [3.63, 3.8) is 0 Å². The van der Waals surface area contributed by atoms with E-state index in [-0.39, 0.29) is 17.6 Å². The molecule has 156 valence electrons. The SMILES string of the molecule is Cc1ccc2c(C(C(N)=O)(C3CCNCC3)C(C)c3ccccc3O)ncnc2c1. The largest absolute Gasteiger partial charge is 0.508 e. The van der Waals surface area contributed by atoms with Crippen LogP contribution >= 0.6 is 0 Å². The van der Waals surface area contributed by atoms with E-state index in [4.69, 9.17) is 5.73 Å². The lowest BCUT2D eigenvalue weighted by atomic mass is 9.59. The number of hydrogen-bond donors (Lipinski definition) is 3. The van der Waals surface area contributed by atoms with E-state index in [9.17, 15) is 9.90 Å². The first-order valence-electron chi connectivity index (χ1n) is 10.5. The lowest BCUT2D eigenvalue weighted by Crippen LogP contribution is -2.54. The molecule has 0 saturated carbocycles. The first-order valence-corrected chi connectivity index (χ1v) is 10.5. The van der Waals surface area contributed by atoms with E-state index in [0.717, 1.165) is 42.4 Å². The molecular formula is C24H28N4O2. The number of nitrogens with one attached hydrogen (secondary N) is 1. The highest BCUT2D eigenvalue weighted by Crippen LogP contribution is 2.50. The number of phenolic OH excluding ortho intramolecular Hbond substituents is 1. The maximum Gasteiger partial charge on any atom is 0.230 e. The summed E-state index contributed by atoms with van der Waals surface area (Å²) >= 11 is 0. The van der Waals surface area contributed by atoms with Crippen molar-refractivity contribution in [3.8, 4) is 5.75 Å². The number of hydrogen-bond acceptors (Lipinski definition) is 5. The Bertz CT molecular complexity index is 1080. The summed E-state index contributed by atoms with van der Waals surface area (Å²) in [5, 5.41) is 14.8. The van der Waals surface area contributed by atoms with E-state index in [2.05, 4.69) is 15.3 Å². The van der Waals surface area contributed by atoms with Crippen LogP contribution in [-0.2, 0) is 10.2 Å². The van der Waals surface area contributed by atoms with Gasteiger partial charge in [-0.1, -0.05) is 37.3 Å². The predicted molar refractivity (Wildman–Crippen MR) is 117 cm³/mol. The van der Waals surface area contributed by atoms with Crippen LogP contribution in [0, 0.1) is 12.8 Å². The molecule has 1 aromatic heterocycles. The highest BCUT2D eigenvalue weighted by molar-refractivity contribution is 5.94. The number of carbonyl (C=O) groups excluding carboxylic acids is 1. The summed E-state index contributed by atoms with van der Waals surface area (Å²) in [7, 11) is 0. The number of nitrogens with zero attached hydrogens (tertiary/aromatic N) is 2. The van der Waals surface area contributed by atoms with Gasteiger partial charge in [0.25, 0.3) is 0 Å². The molecule has 1 amide bonds. The Morgan fingerprint density at radius 1 is 1.20 bits per heavy atom. The molecule has 0 aliphatic carbocycles. The molecule has 2 heterocycles. The maximum atomic E-state index is 13.4. The fourth-order valence-corrected chi connectivity index (χ4v) is 5.16. The molecule has 4 N–H and O–H groups in total. The minimum atomic E-state index is -1.07. The molecule has 0 spiro atoms. The molecule has 3 aromatic rings. The third kappa shape index (κ3) is 3.21. The van der Waals surface area contributed by atoms with Crippen LogP contribution in [0.4, 0.5) is 0 Å². The van der Waals surface area contributed by atoms with Crippen molar-refractivity contribution in [1.82, 2.24) is 15.3 Å². The summed E-state index contributed by atoms with van der Waals surface area (Å²) in [6, 6.07) is 13.2. The number of benzene rings is 2. The Morgan fingerprint density at radius 3 is 2.63 bits per heavy atom. The lowest BCUT2D eigenvalue weighted by molar-refractivity contribution is -0.127. The second kappa shape index (κ2) is 8.03. The molecule has 4 rings (SSSR count). The van der Waals surface area contributed by atoms with Gasteiger partial charge in [0.1, 0.15) is 17.5 Å². The van der Waals surface area contributed by atoms with E-state index in [0.29, 0.717) is 11.3 Å². The lowest BCUT2D eigenvalue weighted by Gasteiger charge is -2.44. The number of carbonyl (C=O) groups is 1. The summed E-state index contributed by atoms with van der Waals surface area (Å²) in [5.74, 6) is -0.617. The summed E-state index contributed by atoms with van der Waals surface area (Å²) in [6.07, 6.45) is 3.13. The van der Waals surface area contributed by atoms with Crippen LogP contribution in [0.1, 0.15) is 42.5 Å². The topological polar surface area (TPSA) is 101 Å². The monoisotopic (exact) mass is 404 g/mol. The van der Waals surface area contributed by atoms with Crippen molar-refractivity contribution in [3.05, 3.63) is 65.6 Å². The average Bonchev–Trinajstić information content (AvgIpc) is 2.75. The number of fused-ring (bicyclic) bond motifs is 1. The number of primary amides is 1. The number of nitrogens with two attached hydrogens (primary N) is 1. The molecule has 6 heteroatoms. The van der Waals surface area contributed by atoms with Crippen LogP contribution in [0.2, 0.25) is 0 Å². The van der Waals surface area contributed by atoms with Crippen molar-refractivity contribution < 1.29 is 9.90 Å². The van der Waals surface area contributed by atoms with Crippen LogP contribution in [0.15, 0.2) is 48.8 Å². The van der Waals surface area contributed by atoms with Gasteiger partial charge >= 0.3 is 0 Å². The molecule has 1 aliphatic heterocycles. The number of aromatic hydroxyl groups is 1. The Morgan fingerprint density at radius 2 is 1.93 bits per heavy atom. The van der Waals surface area contributed by atoms with E-state index in [1.54, 1.807) is 12.1 Å². The molecule has 2 unspecified atom stereocenters. The van der Waals surface area contributed by atoms with Gasteiger partial charge in [-0.2, -0.15) is 0 Å². The number of para-hydroxylation sites is 1. The molecule has 1 aliphatic rings. The standard InChI is InChI=1S/C24H28N4O2/c1-15-7-8-19-20(13-15)27-14-28-22(19)24(23(25)30,17-9-11-26-12-10-17)16(2)18-5-3-4-6-21(18)29/h3-8,13-14,16-17,26,29H,9-12H2,1-2H3,(H2,25,30). The van der Waals surface area contributed by atoms with Crippen molar-refractivity contribution >= 4 is 16.8 Å². The Labute approximate surface area is 176 Å². The summed E-state index contributed by atoms with van der Waals surface area (Å²) in [6.45, 7) is 5.62. The third-order valence-electron chi connectivity index (χ3n) is 6.66. The van der Waals surface area contributed by atoms with E-state index in [1.807, 2.05) is 44.2 Å². The number of piperidine rings is 1. The van der Waals surface area contributed by atoms with Crippen LogP contribution in [-0.4, -0.2) is 34.1 Å². The van der Waals surface area contributed by atoms with E-state index >= 15 is 0 Å². The Kier molecular flexibility index (Phi) is 5.43. The number of rotatable bonds is 5. The fraction of sp³-hybridized carbons (Fsp3) is 0.375. The summed E-state index contributed by atoms with van der Waals surface area (Å²) < 4.78 is 0. The summed E-state index contributed by atoms with van der Waals surface area (Å²) in [5.41, 5.74) is 8.41. The van der Waals surface area contributed by atoms with Crippen molar-refractivity contribution in [2.75, 3.05) is 13.1 Å². The van der Waals surface area contributed by atoms with Gasteiger partial charge in [0.2, 0.25) is 5.91 Å². The molecule has 1 fully saturated rings. The molecule has 0 radical (unpaired) electrons. The van der Waals surface area contributed by atoms with E-state index in [1.165, 1.54) is 6.33 Å². The Balaban J connectivity index is 2.03. The van der Waals surface area contributed by atoms with Crippen LogP contribution in [0.25, 0.3) is 10.9 Å². The van der Waals surface area contributed by atoms with Gasteiger partial charge in [0.15, 0.2) is 0 Å². The van der Waals surface area contributed by atoms with Crippen LogP contribution in [0.3, 0.4) is 0 Å². The third-order valence-corrected chi connectivity index (χ3v) is 6.66. The molecule has 2 aromatic carbocycles. The maximum absolute atomic E-state index is 13.4. The van der Waals surface area contributed by atoms with Crippen molar-refractivity contribution in [2.24, 2.45) is 11.7 Å². The molecule has 1 saturated heterocycles.